The van der Waals surface area contributed by atoms with E-state index in [0.717, 1.165) is 6.42 Å². The predicted octanol–water partition coefficient (Wildman–Crippen LogP) is 3.66. The molecule has 0 aliphatic carbocycles. The molecule has 110 valence electrons. The fourth-order valence-electron chi connectivity index (χ4n) is 0.832. The Morgan fingerprint density at radius 3 is 2.00 bits per heavy atom. The second-order valence-corrected chi connectivity index (χ2v) is 5.11. The van der Waals surface area contributed by atoms with Gasteiger partial charge >= 0.3 is 0 Å². The number of hydrogen-bond acceptors (Lipinski definition) is 2. The van der Waals surface area contributed by atoms with Crippen LogP contribution >= 0.6 is 11.6 Å². The summed E-state index contributed by atoms with van der Waals surface area (Å²) in [5.74, 6) is -0.194. The van der Waals surface area contributed by atoms with E-state index in [1.807, 2.05) is 20.8 Å². The van der Waals surface area contributed by atoms with Crippen molar-refractivity contribution in [2.45, 2.75) is 59.3 Å². The molecular formula is C14H25ClN2O2. The van der Waals surface area contributed by atoms with Crippen molar-refractivity contribution in [2.24, 2.45) is 15.9 Å². The molecule has 2 unspecified atom stereocenters. The number of carbonyl (C=O) groups excluding carboxylic acids is 2. The molecule has 0 radical (unpaired) electrons. The van der Waals surface area contributed by atoms with Crippen LogP contribution in [0.4, 0.5) is 0 Å². The van der Waals surface area contributed by atoms with Crippen LogP contribution in [0.25, 0.3) is 0 Å². The first-order valence-corrected chi connectivity index (χ1v) is 6.89. The van der Waals surface area contributed by atoms with Crippen LogP contribution in [-0.4, -0.2) is 29.1 Å². The van der Waals surface area contributed by atoms with Gasteiger partial charge in [-0.25, -0.2) is 9.98 Å². The first-order chi connectivity index (χ1) is 8.76. The molecule has 0 saturated heterocycles. The van der Waals surface area contributed by atoms with Crippen molar-refractivity contribution >= 4 is 35.8 Å². The Hall–Kier alpha value is -1.03. The van der Waals surface area contributed by atoms with Crippen molar-refractivity contribution in [2.75, 3.05) is 0 Å². The van der Waals surface area contributed by atoms with Gasteiger partial charge in [-0.05, 0) is 33.6 Å². The van der Waals surface area contributed by atoms with E-state index in [1.165, 1.54) is 12.4 Å². The van der Waals surface area contributed by atoms with Gasteiger partial charge in [0.15, 0.2) is 0 Å². The van der Waals surface area contributed by atoms with E-state index < -0.39 is 4.87 Å². The van der Waals surface area contributed by atoms with Crippen molar-refractivity contribution in [1.82, 2.24) is 0 Å². The Kier molecular flexibility index (Phi) is 11.6. The number of nitrogens with zero attached hydrogens (tertiary/aromatic N) is 2. The lowest BCUT2D eigenvalue weighted by Crippen LogP contribution is -2.25. The van der Waals surface area contributed by atoms with Crippen molar-refractivity contribution in [3.8, 4) is 0 Å². The maximum absolute atomic E-state index is 11.0. The molecule has 0 aliphatic rings. The second kappa shape index (κ2) is 10.9. The first kappa shape index (κ1) is 20.3. The SMILES string of the molecule is CC=NC(=O)C(C)(Cl)CC.CC=NC(=O)C(C)CC. The standard InChI is InChI=1S/C7H12ClNO.C7H13NO/c1-4-7(3,8)6(10)9-5-2;1-4-6(3)7(9)8-5-2/h5H,4H2,1-3H3;5-6H,4H2,1-3H3. The quantitative estimate of drug-likeness (QED) is 0.585. The van der Waals surface area contributed by atoms with E-state index in [9.17, 15) is 9.59 Å². The molecule has 0 N–H and O–H groups in total. The fourth-order valence-corrected chi connectivity index (χ4v) is 0.881. The van der Waals surface area contributed by atoms with E-state index >= 15 is 0 Å². The summed E-state index contributed by atoms with van der Waals surface area (Å²) in [5, 5.41) is 0. The highest BCUT2D eigenvalue weighted by molar-refractivity contribution is 6.35. The normalized spacial score (nSPS) is 15.7. The van der Waals surface area contributed by atoms with Gasteiger partial charge in [0.2, 0.25) is 5.91 Å². The van der Waals surface area contributed by atoms with Crippen LogP contribution in [0, 0.1) is 5.92 Å². The zero-order valence-corrected chi connectivity index (χ0v) is 13.5. The minimum atomic E-state index is -0.813. The summed E-state index contributed by atoms with van der Waals surface area (Å²) in [6.45, 7) is 10.8. The van der Waals surface area contributed by atoms with Gasteiger partial charge in [0.1, 0.15) is 4.87 Å². The maximum atomic E-state index is 11.0. The van der Waals surface area contributed by atoms with Gasteiger partial charge in [-0.15, -0.1) is 11.6 Å². The molecule has 2 amide bonds. The zero-order chi connectivity index (χ0) is 15.5. The van der Waals surface area contributed by atoms with Crippen molar-refractivity contribution in [3.63, 3.8) is 0 Å². The summed E-state index contributed by atoms with van der Waals surface area (Å²) in [6.07, 6.45) is 4.47. The number of amides is 2. The molecule has 0 spiro atoms. The van der Waals surface area contributed by atoms with E-state index in [0.29, 0.717) is 6.42 Å². The third-order valence-corrected chi connectivity index (χ3v) is 3.08. The molecule has 0 heterocycles. The molecule has 0 aromatic heterocycles. The van der Waals surface area contributed by atoms with Gasteiger partial charge in [0.25, 0.3) is 5.91 Å². The summed E-state index contributed by atoms with van der Waals surface area (Å²) in [7, 11) is 0. The third-order valence-electron chi connectivity index (χ3n) is 2.65. The summed E-state index contributed by atoms with van der Waals surface area (Å²) in [4.78, 5) is 28.1. The van der Waals surface area contributed by atoms with E-state index in [-0.39, 0.29) is 17.7 Å². The van der Waals surface area contributed by atoms with Crippen LogP contribution in [-0.2, 0) is 9.59 Å². The maximum Gasteiger partial charge on any atom is 0.266 e. The molecule has 0 aliphatic heterocycles. The molecule has 0 fully saturated rings. The van der Waals surface area contributed by atoms with Gasteiger partial charge in [-0.2, -0.15) is 0 Å². The minimum Gasteiger partial charge on any atom is -0.272 e. The molecule has 0 saturated carbocycles. The zero-order valence-electron chi connectivity index (χ0n) is 12.7. The molecule has 0 aromatic rings. The third kappa shape index (κ3) is 9.54. The molecular weight excluding hydrogens is 264 g/mol. The lowest BCUT2D eigenvalue weighted by molar-refractivity contribution is -0.121. The summed E-state index contributed by atoms with van der Waals surface area (Å²) < 4.78 is 0. The highest BCUT2D eigenvalue weighted by Crippen LogP contribution is 2.19. The number of rotatable bonds is 4. The summed E-state index contributed by atoms with van der Waals surface area (Å²) >= 11 is 5.79. The van der Waals surface area contributed by atoms with Gasteiger partial charge < -0.3 is 0 Å². The molecule has 19 heavy (non-hydrogen) atoms. The topological polar surface area (TPSA) is 58.9 Å². The lowest BCUT2D eigenvalue weighted by Gasteiger charge is -2.13. The first-order valence-electron chi connectivity index (χ1n) is 6.51. The average molecular weight is 289 g/mol. The van der Waals surface area contributed by atoms with Crippen LogP contribution < -0.4 is 0 Å². The molecule has 5 heteroatoms. The van der Waals surface area contributed by atoms with Crippen molar-refractivity contribution < 1.29 is 9.59 Å². The molecule has 0 rings (SSSR count). The second-order valence-electron chi connectivity index (χ2n) is 4.28. The minimum absolute atomic E-state index is 0.0139. The van der Waals surface area contributed by atoms with Gasteiger partial charge in [-0.3, -0.25) is 9.59 Å². The van der Waals surface area contributed by atoms with E-state index in [1.54, 1.807) is 20.8 Å². The molecule has 0 aromatic carbocycles. The van der Waals surface area contributed by atoms with Crippen LogP contribution in [0.3, 0.4) is 0 Å². The summed E-state index contributed by atoms with van der Waals surface area (Å²) in [6, 6.07) is 0. The van der Waals surface area contributed by atoms with Gasteiger partial charge in [0.05, 0.1) is 0 Å². The number of hydrogen-bond donors (Lipinski definition) is 0. The van der Waals surface area contributed by atoms with Gasteiger partial charge in [-0.1, -0.05) is 20.8 Å². The van der Waals surface area contributed by atoms with Crippen LogP contribution in [0.2, 0.25) is 0 Å². The van der Waals surface area contributed by atoms with E-state index in [2.05, 4.69) is 9.98 Å². The number of carbonyl (C=O) groups is 2. The van der Waals surface area contributed by atoms with Crippen molar-refractivity contribution in [3.05, 3.63) is 0 Å². The molecule has 0 bridgehead atoms. The highest BCUT2D eigenvalue weighted by atomic mass is 35.5. The molecule has 4 nitrogen and oxygen atoms in total. The Labute approximate surface area is 121 Å². The highest BCUT2D eigenvalue weighted by Gasteiger charge is 2.26. The van der Waals surface area contributed by atoms with Crippen molar-refractivity contribution in [1.29, 1.82) is 0 Å². The van der Waals surface area contributed by atoms with E-state index in [4.69, 9.17) is 11.6 Å². The number of alkyl halides is 1. The van der Waals surface area contributed by atoms with Crippen LogP contribution in [0.1, 0.15) is 54.4 Å². The number of halogens is 1. The smallest absolute Gasteiger partial charge is 0.266 e. The average Bonchev–Trinajstić information content (AvgIpc) is 2.39. The largest absolute Gasteiger partial charge is 0.272 e. The fraction of sp³-hybridized carbons (Fsp3) is 0.714. The summed E-state index contributed by atoms with van der Waals surface area (Å²) in [5.41, 5.74) is 0. The Morgan fingerprint density at radius 1 is 1.21 bits per heavy atom. The van der Waals surface area contributed by atoms with Crippen LogP contribution in [0.15, 0.2) is 9.98 Å². The monoisotopic (exact) mass is 288 g/mol. The predicted molar refractivity (Wildman–Crippen MR) is 82.4 cm³/mol. The Balaban J connectivity index is 0. The Bertz CT molecular complexity index is 336. The van der Waals surface area contributed by atoms with Gasteiger partial charge in [0, 0.05) is 18.3 Å². The lowest BCUT2D eigenvalue weighted by atomic mass is 10.1. The molecule has 2 atom stereocenters. The Morgan fingerprint density at radius 2 is 1.68 bits per heavy atom. The number of aliphatic imine (C=N–C) groups is 2. The van der Waals surface area contributed by atoms with Crippen LogP contribution in [0.5, 0.6) is 0 Å².